The molecule has 0 radical (unpaired) electrons. The molecule has 0 amide bonds. The van der Waals surface area contributed by atoms with Gasteiger partial charge in [0.2, 0.25) is 0 Å². The van der Waals surface area contributed by atoms with Crippen LogP contribution in [-0.2, 0) is 19.4 Å². The second-order valence-corrected chi connectivity index (χ2v) is 6.87. The van der Waals surface area contributed by atoms with Crippen LogP contribution in [0, 0.1) is 0 Å². The molecule has 0 aliphatic carbocycles. The van der Waals surface area contributed by atoms with E-state index in [-0.39, 0.29) is 5.56 Å². The summed E-state index contributed by atoms with van der Waals surface area (Å²) in [5.41, 5.74) is 2.84. The van der Waals surface area contributed by atoms with Crippen LogP contribution >= 0.6 is 0 Å². The molecule has 2 aromatic heterocycles. The quantitative estimate of drug-likeness (QED) is 0.597. The highest BCUT2D eigenvalue weighted by Gasteiger charge is 2.13. The number of benzene rings is 1. The Balaban J connectivity index is 1.81. The first-order valence-corrected chi connectivity index (χ1v) is 9.81. The van der Waals surface area contributed by atoms with E-state index in [9.17, 15) is 9.90 Å². The van der Waals surface area contributed by atoms with Gasteiger partial charge in [-0.3, -0.25) is 4.98 Å². The van der Waals surface area contributed by atoms with Crippen LogP contribution in [0.5, 0.6) is 0 Å². The van der Waals surface area contributed by atoms with Crippen molar-refractivity contribution in [2.45, 2.75) is 52.5 Å². The van der Waals surface area contributed by atoms with Crippen molar-refractivity contribution in [2.24, 2.45) is 0 Å². The van der Waals surface area contributed by atoms with Crippen LogP contribution in [0.25, 0.3) is 11.1 Å². The predicted molar refractivity (Wildman–Crippen MR) is 108 cm³/mol. The van der Waals surface area contributed by atoms with Crippen LogP contribution in [-0.4, -0.2) is 30.8 Å². The molecule has 0 spiro atoms. The monoisotopic (exact) mass is 378 g/mol. The number of aromatic nitrogens is 4. The fourth-order valence-electron chi connectivity index (χ4n) is 3.18. The average molecular weight is 378 g/mol. The summed E-state index contributed by atoms with van der Waals surface area (Å²) in [4.78, 5) is 20.2. The lowest BCUT2D eigenvalue weighted by molar-refractivity contribution is 0.0697. The molecule has 0 aliphatic rings. The van der Waals surface area contributed by atoms with Gasteiger partial charge in [-0.2, -0.15) is 5.10 Å². The van der Waals surface area contributed by atoms with Crippen molar-refractivity contribution < 1.29 is 9.90 Å². The van der Waals surface area contributed by atoms with Crippen molar-refractivity contribution in [3.05, 3.63) is 65.5 Å². The van der Waals surface area contributed by atoms with Crippen LogP contribution in [0.4, 0.5) is 0 Å². The Hall–Kier alpha value is -3.02. The molecule has 0 fully saturated rings. The number of pyridine rings is 1. The summed E-state index contributed by atoms with van der Waals surface area (Å²) in [6.07, 6.45) is 7.96. The topological polar surface area (TPSA) is 80.9 Å². The number of aromatic carboxylic acids is 1. The SMILES string of the molecule is CCCCc1nc(Cc2ccc(-c3cnccc3C(=O)O)cc2)n(CCC)n1. The molecule has 1 N–H and O–H groups in total. The first-order valence-electron chi connectivity index (χ1n) is 9.81. The van der Waals surface area contributed by atoms with Crippen molar-refractivity contribution in [2.75, 3.05) is 0 Å². The summed E-state index contributed by atoms with van der Waals surface area (Å²) in [5, 5.41) is 14.0. The molecule has 28 heavy (non-hydrogen) atoms. The number of carboxylic acids is 1. The van der Waals surface area contributed by atoms with Gasteiger partial charge in [0.25, 0.3) is 0 Å². The minimum Gasteiger partial charge on any atom is -0.478 e. The van der Waals surface area contributed by atoms with E-state index in [0.717, 1.165) is 55.0 Å². The van der Waals surface area contributed by atoms with Crippen LogP contribution in [0.15, 0.2) is 42.7 Å². The van der Waals surface area contributed by atoms with Crippen LogP contribution in [0.3, 0.4) is 0 Å². The lowest BCUT2D eigenvalue weighted by Gasteiger charge is -2.08. The van der Waals surface area contributed by atoms with Crippen LogP contribution in [0.2, 0.25) is 0 Å². The number of carbonyl (C=O) groups is 1. The molecule has 0 aliphatic heterocycles. The van der Waals surface area contributed by atoms with E-state index in [1.165, 1.54) is 12.3 Å². The molecule has 1 aromatic carbocycles. The zero-order valence-corrected chi connectivity index (χ0v) is 16.4. The van der Waals surface area contributed by atoms with Crippen molar-refractivity contribution in [1.29, 1.82) is 0 Å². The molecular weight excluding hydrogens is 352 g/mol. The second-order valence-electron chi connectivity index (χ2n) is 6.87. The Morgan fingerprint density at radius 3 is 2.57 bits per heavy atom. The molecule has 0 atom stereocenters. The molecule has 0 bridgehead atoms. The van der Waals surface area contributed by atoms with E-state index < -0.39 is 5.97 Å². The third-order valence-corrected chi connectivity index (χ3v) is 4.66. The smallest absolute Gasteiger partial charge is 0.336 e. The molecule has 3 aromatic rings. The minimum atomic E-state index is -0.950. The number of hydrogen-bond acceptors (Lipinski definition) is 4. The molecule has 6 heteroatoms. The Morgan fingerprint density at radius 1 is 1.11 bits per heavy atom. The minimum absolute atomic E-state index is 0.256. The van der Waals surface area contributed by atoms with Gasteiger partial charge >= 0.3 is 5.97 Å². The lowest BCUT2D eigenvalue weighted by Crippen LogP contribution is -2.06. The number of nitrogens with zero attached hydrogens (tertiary/aromatic N) is 4. The zero-order valence-electron chi connectivity index (χ0n) is 16.4. The Labute approximate surface area is 165 Å². The molecule has 0 unspecified atom stereocenters. The van der Waals surface area contributed by atoms with Crippen LogP contribution in [0.1, 0.15) is 60.7 Å². The maximum Gasteiger partial charge on any atom is 0.336 e. The summed E-state index contributed by atoms with van der Waals surface area (Å²) >= 11 is 0. The normalized spacial score (nSPS) is 10.9. The fourth-order valence-corrected chi connectivity index (χ4v) is 3.18. The molecular formula is C22H26N4O2. The predicted octanol–water partition coefficient (Wildman–Crippen LogP) is 4.38. The van der Waals surface area contributed by atoms with E-state index in [0.29, 0.717) is 12.0 Å². The third kappa shape index (κ3) is 4.63. The highest BCUT2D eigenvalue weighted by atomic mass is 16.4. The van der Waals surface area contributed by atoms with Gasteiger partial charge in [0.1, 0.15) is 5.82 Å². The number of rotatable bonds is 9. The van der Waals surface area contributed by atoms with Gasteiger partial charge in [0.05, 0.1) is 5.56 Å². The molecule has 6 nitrogen and oxygen atoms in total. The average Bonchev–Trinajstić information content (AvgIpc) is 3.08. The maximum absolute atomic E-state index is 11.4. The molecule has 0 saturated carbocycles. The van der Waals surface area contributed by atoms with Crippen molar-refractivity contribution in [3.8, 4) is 11.1 Å². The van der Waals surface area contributed by atoms with Gasteiger partial charge < -0.3 is 5.11 Å². The number of carboxylic acid groups (broad SMARTS) is 1. The van der Waals surface area contributed by atoms with Gasteiger partial charge in [-0.15, -0.1) is 0 Å². The van der Waals surface area contributed by atoms with E-state index in [1.54, 1.807) is 6.20 Å². The molecule has 0 saturated heterocycles. The van der Waals surface area contributed by atoms with Gasteiger partial charge in [-0.1, -0.05) is 44.5 Å². The maximum atomic E-state index is 11.4. The standard InChI is InChI=1S/C22H26N4O2/c1-3-5-6-20-24-21(26(25-20)13-4-2)14-16-7-9-17(10-8-16)19-15-23-12-11-18(19)22(27)28/h7-12,15H,3-6,13-14H2,1-2H3,(H,27,28). The van der Waals surface area contributed by atoms with Gasteiger partial charge in [-0.05, 0) is 30.0 Å². The summed E-state index contributed by atoms with van der Waals surface area (Å²) < 4.78 is 2.02. The van der Waals surface area contributed by atoms with Gasteiger partial charge in [0.15, 0.2) is 5.82 Å². The Morgan fingerprint density at radius 2 is 1.89 bits per heavy atom. The van der Waals surface area contributed by atoms with Crippen molar-refractivity contribution in [3.63, 3.8) is 0 Å². The Kier molecular flexibility index (Phi) is 6.53. The number of aryl methyl sites for hydroxylation is 2. The largest absolute Gasteiger partial charge is 0.478 e. The number of hydrogen-bond donors (Lipinski definition) is 1. The zero-order chi connectivity index (χ0) is 19.9. The lowest BCUT2D eigenvalue weighted by atomic mass is 10.00. The van der Waals surface area contributed by atoms with E-state index in [4.69, 9.17) is 4.98 Å². The summed E-state index contributed by atoms with van der Waals surface area (Å²) in [6.45, 7) is 5.17. The van der Waals surface area contributed by atoms with Crippen LogP contribution < -0.4 is 0 Å². The Bertz CT molecular complexity index is 932. The summed E-state index contributed by atoms with van der Waals surface area (Å²) in [5.74, 6) is 0.949. The van der Waals surface area contributed by atoms with Crippen molar-refractivity contribution >= 4 is 5.97 Å². The van der Waals surface area contributed by atoms with Gasteiger partial charge in [0, 0.05) is 37.3 Å². The van der Waals surface area contributed by atoms with E-state index >= 15 is 0 Å². The van der Waals surface area contributed by atoms with E-state index in [2.05, 4.69) is 23.9 Å². The number of unbranched alkanes of at least 4 members (excludes halogenated alkanes) is 1. The summed E-state index contributed by atoms with van der Waals surface area (Å²) in [7, 11) is 0. The fraction of sp³-hybridized carbons (Fsp3) is 0.364. The first-order chi connectivity index (χ1) is 13.6. The van der Waals surface area contributed by atoms with Crippen molar-refractivity contribution in [1.82, 2.24) is 19.7 Å². The molecule has 146 valence electrons. The third-order valence-electron chi connectivity index (χ3n) is 4.66. The first kappa shape index (κ1) is 19.7. The molecule has 3 rings (SSSR count). The second kappa shape index (κ2) is 9.26. The van der Waals surface area contributed by atoms with Gasteiger partial charge in [-0.25, -0.2) is 14.5 Å². The van der Waals surface area contributed by atoms with E-state index in [1.807, 2.05) is 28.9 Å². The summed E-state index contributed by atoms with van der Waals surface area (Å²) in [6, 6.07) is 9.44. The molecule has 2 heterocycles. The highest BCUT2D eigenvalue weighted by Crippen LogP contribution is 2.24. The highest BCUT2D eigenvalue weighted by molar-refractivity contribution is 5.95.